The number of ether oxygens (including phenoxy) is 1. The molecule has 1 atom stereocenters. The number of nitrogen functional groups attached to an aromatic ring is 1. The fourth-order valence-corrected chi connectivity index (χ4v) is 3.07. The van der Waals surface area contributed by atoms with Gasteiger partial charge in [0.1, 0.15) is 17.7 Å². The quantitative estimate of drug-likeness (QED) is 0.320. The third-order valence-electron chi connectivity index (χ3n) is 3.59. The molecule has 2 aromatic rings. The van der Waals surface area contributed by atoms with E-state index in [9.17, 15) is 4.79 Å². The zero-order valence-corrected chi connectivity index (χ0v) is 16.1. The van der Waals surface area contributed by atoms with Gasteiger partial charge >= 0.3 is 5.97 Å². The van der Waals surface area contributed by atoms with E-state index in [-0.39, 0.29) is 23.7 Å². The van der Waals surface area contributed by atoms with Crippen LogP contribution in [0, 0.1) is 13.8 Å². The van der Waals surface area contributed by atoms with Crippen LogP contribution in [0.15, 0.2) is 11.7 Å². The molecule has 0 saturated carbocycles. The molecule has 2 aromatic heterocycles. The molecule has 5 N–H and O–H groups in total. The van der Waals surface area contributed by atoms with Gasteiger partial charge in [0, 0.05) is 36.6 Å². The van der Waals surface area contributed by atoms with Crippen LogP contribution >= 0.6 is 11.3 Å². The molecule has 10 heteroatoms. The second-order valence-electron chi connectivity index (χ2n) is 5.39. The Hall–Kier alpha value is -1.58. The van der Waals surface area contributed by atoms with Crippen LogP contribution in [0.5, 0.6) is 0 Å². The van der Waals surface area contributed by atoms with Crippen LogP contribution in [0.1, 0.15) is 22.0 Å². The minimum absolute atomic E-state index is 0. The number of esters is 1. The van der Waals surface area contributed by atoms with Gasteiger partial charge in [-0.3, -0.25) is 4.79 Å². The zero-order valence-electron chi connectivity index (χ0n) is 14.1. The van der Waals surface area contributed by atoms with Gasteiger partial charge in [0.2, 0.25) is 5.51 Å². The number of anilines is 1. The van der Waals surface area contributed by atoms with E-state index in [4.69, 9.17) is 21.3 Å². The Balaban J connectivity index is 0.00000312. The van der Waals surface area contributed by atoms with Crippen molar-refractivity contribution in [1.29, 1.82) is 0 Å². The zero-order chi connectivity index (χ0) is 17.7. The van der Waals surface area contributed by atoms with Gasteiger partial charge in [-0.25, -0.2) is 9.97 Å². The minimum Gasteiger partial charge on any atom is -0.464 e. The van der Waals surface area contributed by atoms with Gasteiger partial charge in [-0.1, -0.05) is 11.3 Å². The van der Waals surface area contributed by atoms with Crippen molar-refractivity contribution in [3.8, 4) is 0 Å². The first-order chi connectivity index (χ1) is 11.4. The summed E-state index contributed by atoms with van der Waals surface area (Å²) in [6.07, 6.45) is 2.33. The van der Waals surface area contributed by atoms with Crippen LogP contribution < -0.4 is 16.0 Å². The maximum Gasteiger partial charge on any atom is 0.325 e. The average molecular weight is 407 g/mol. The molecular weight excluding hydrogens is 385 g/mol. The summed E-state index contributed by atoms with van der Waals surface area (Å²) in [4.78, 5) is 20.9. The topological polar surface area (TPSA) is 128 Å². The maximum absolute atomic E-state index is 11.4. The van der Waals surface area contributed by atoms with E-state index in [1.165, 1.54) is 0 Å². The van der Waals surface area contributed by atoms with Gasteiger partial charge < -0.3 is 21.3 Å². The summed E-state index contributed by atoms with van der Waals surface area (Å²) in [5.41, 5.74) is 15.2. The van der Waals surface area contributed by atoms with Crippen molar-refractivity contribution in [1.82, 2.24) is 9.97 Å². The summed E-state index contributed by atoms with van der Waals surface area (Å²) in [6.45, 7) is 4.19. The minimum atomic E-state index is -0.983. The van der Waals surface area contributed by atoms with Crippen molar-refractivity contribution in [2.24, 2.45) is 5.73 Å². The summed E-state index contributed by atoms with van der Waals surface area (Å²) < 4.78 is 7.11. The Morgan fingerprint density at radius 1 is 1.48 bits per heavy atom. The third kappa shape index (κ3) is 5.72. The molecule has 0 bridgehead atoms. The number of nitrogens with zero attached hydrogens (tertiary/aromatic N) is 3. The number of aryl methyl sites for hydroxylation is 1. The summed E-state index contributed by atoms with van der Waals surface area (Å²) in [6, 6.07) is -0.983. The van der Waals surface area contributed by atoms with Crippen molar-refractivity contribution in [2.45, 2.75) is 32.9 Å². The Bertz CT molecular complexity index is 725. The molecular formula is C15H22MnN5O3S+. The monoisotopic (exact) mass is 407 g/mol. The van der Waals surface area contributed by atoms with Crippen molar-refractivity contribution in [2.75, 3.05) is 18.9 Å². The molecule has 0 amide bonds. The first-order valence-electron chi connectivity index (χ1n) is 7.49. The fourth-order valence-electron chi connectivity index (χ4n) is 2.09. The number of nitrogens with two attached hydrogens (primary N) is 2. The van der Waals surface area contributed by atoms with Gasteiger partial charge in [0.15, 0.2) is 12.2 Å². The number of aliphatic hydroxyl groups is 1. The second kappa shape index (κ2) is 9.79. The molecule has 0 aliphatic carbocycles. The van der Waals surface area contributed by atoms with Crippen molar-refractivity contribution >= 4 is 23.1 Å². The first kappa shape index (κ1) is 21.5. The van der Waals surface area contributed by atoms with Crippen molar-refractivity contribution < 1.29 is 36.3 Å². The van der Waals surface area contributed by atoms with E-state index in [0.29, 0.717) is 24.6 Å². The van der Waals surface area contributed by atoms with Gasteiger partial charge in [-0.15, -0.1) is 0 Å². The van der Waals surface area contributed by atoms with Crippen molar-refractivity contribution in [3.63, 3.8) is 0 Å². The molecule has 8 nitrogen and oxygen atoms in total. The summed E-state index contributed by atoms with van der Waals surface area (Å²) in [7, 11) is 0. The normalized spacial score (nSPS) is 11.7. The number of hydrogen-bond donors (Lipinski definition) is 3. The molecule has 0 aromatic carbocycles. The van der Waals surface area contributed by atoms with E-state index >= 15 is 0 Å². The molecule has 0 aliphatic rings. The Kier molecular flexibility index (Phi) is 8.40. The number of aromatic nitrogens is 3. The largest absolute Gasteiger partial charge is 0.464 e. The maximum atomic E-state index is 11.4. The molecule has 1 radical (unpaired) electrons. The van der Waals surface area contributed by atoms with Crippen LogP contribution in [-0.2, 0) is 39.6 Å². The fraction of sp³-hybridized carbons (Fsp3) is 0.467. The Morgan fingerprint density at radius 2 is 2.20 bits per heavy atom. The van der Waals surface area contributed by atoms with E-state index in [1.807, 2.05) is 12.4 Å². The van der Waals surface area contributed by atoms with Crippen molar-refractivity contribution in [3.05, 3.63) is 33.7 Å². The van der Waals surface area contributed by atoms with Crippen LogP contribution in [0.2, 0.25) is 0 Å². The van der Waals surface area contributed by atoms with Crippen LogP contribution in [0.25, 0.3) is 0 Å². The van der Waals surface area contributed by atoms with Gasteiger partial charge in [-0.05, 0) is 6.92 Å². The van der Waals surface area contributed by atoms with E-state index in [0.717, 1.165) is 16.1 Å². The summed E-state index contributed by atoms with van der Waals surface area (Å²) in [5.74, 6) is 0.533. The summed E-state index contributed by atoms with van der Waals surface area (Å²) in [5, 5.41) is 8.80. The van der Waals surface area contributed by atoms with E-state index in [2.05, 4.69) is 14.5 Å². The first-order valence-corrected chi connectivity index (χ1v) is 8.37. The number of aliphatic hydroxyl groups excluding tert-OH is 1. The smallest absolute Gasteiger partial charge is 0.325 e. The molecule has 0 fully saturated rings. The predicted octanol–water partition coefficient (Wildman–Crippen LogP) is -0.524. The number of hydrogen-bond acceptors (Lipinski definition) is 8. The molecule has 0 aliphatic heterocycles. The number of carbonyl (C=O) groups excluding carboxylic acids is 1. The molecule has 137 valence electrons. The van der Waals surface area contributed by atoms with Crippen LogP contribution in [-0.4, -0.2) is 40.3 Å². The Morgan fingerprint density at radius 3 is 2.84 bits per heavy atom. The molecule has 2 rings (SSSR count). The number of thiazole rings is 1. The van der Waals surface area contributed by atoms with Gasteiger partial charge in [0.25, 0.3) is 0 Å². The molecule has 25 heavy (non-hydrogen) atoms. The molecule has 2 heterocycles. The van der Waals surface area contributed by atoms with Crippen LogP contribution in [0.3, 0.4) is 0 Å². The Labute approximate surface area is 160 Å². The molecule has 0 unspecified atom stereocenters. The molecule has 0 saturated heterocycles. The van der Waals surface area contributed by atoms with Crippen LogP contribution in [0.4, 0.5) is 5.82 Å². The second-order valence-corrected chi connectivity index (χ2v) is 6.33. The summed E-state index contributed by atoms with van der Waals surface area (Å²) >= 11 is 1.58. The average Bonchev–Trinajstić information content (AvgIpc) is 2.89. The van der Waals surface area contributed by atoms with Gasteiger partial charge in [-0.2, -0.15) is 4.57 Å². The predicted molar refractivity (Wildman–Crippen MR) is 89.3 cm³/mol. The van der Waals surface area contributed by atoms with E-state index in [1.54, 1.807) is 24.5 Å². The SMILES string of the molecule is Cc1ncc(C[n+]2csc(CCOC(=O)[C@@H](N)CO)c2C)c(N)n1.[Mn]. The van der Waals surface area contributed by atoms with E-state index < -0.39 is 18.6 Å². The molecule has 0 spiro atoms. The van der Waals surface area contributed by atoms with Gasteiger partial charge in [0.05, 0.1) is 23.7 Å². The standard InChI is InChI=1S/C15H22N5O3S.Mn/c1-9-13(3-4-23-15(22)12(16)7-21)24-8-20(9)6-11-5-18-10(2)19-14(11)17;/h5,8,12,21H,3-4,6-7,16H2,1-2H3,(H2,17,18,19);/q+1;/t12-;/m0./s1. The third-order valence-corrected chi connectivity index (χ3v) is 4.73. The number of carbonyl (C=O) groups is 1. The number of rotatable bonds is 7.